The Morgan fingerprint density at radius 3 is 2.36 bits per heavy atom. The van der Waals surface area contributed by atoms with E-state index < -0.39 is 29.9 Å². The SMILES string of the molecule is COC[C@H](NC(=O)c1cc(C)on1)C(=O)N[C@@H](Cc1cscn1)C(=O)OC1CCCCCCCCC1. The molecule has 0 spiro atoms. The van der Waals surface area contributed by atoms with Crippen molar-refractivity contribution in [1.29, 1.82) is 0 Å². The summed E-state index contributed by atoms with van der Waals surface area (Å²) in [5.74, 6) is -1.16. The lowest BCUT2D eigenvalue weighted by molar-refractivity contribution is -0.154. The van der Waals surface area contributed by atoms with Gasteiger partial charge in [-0.15, -0.1) is 11.3 Å². The summed E-state index contributed by atoms with van der Waals surface area (Å²) in [5, 5.41) is 10.9. The van der Waals surface area contributed by atoms with Gasteiger partial charge in [-0.05, 0) is 32.6 Å². The van der Waals surface area contributed by atoms with E-state index >= 15 is 0 Å². The van der Waals surface area contributed by atoms with Crippen LogP contribution in [-0.2, 0) is 25.5 Å². The average Bonchev–Trinajstić information content (AvgIpc) is 3.54. The number of carbonyl (C=O) groups excluding carboxylic acids is 3. The van der Waals surface area contributed by atoms with Crippen molar-refractivity contribution in [1.82, 2.24) is 20.8 Å². The maximum Gasteiger partial charge on any atom is 0.329 e. The Kier molecular flexibility index (Phi) is 11.3. The van der Waals surface area contributed by atoms with Crippen molar-refractivity contribution in [2.45, 2.75) is 89.3 Å². The Bertz CT molecular complexity index is 954. The van der Waals surface area contributed by atoms with Crippen LogP contribution in [0.15, 0.2) is 21.5 Å². The molecule has 0 aromatic carbocycles. The number of nitrogens with zero attached hydrogens (tertiary/aromatic N) is 2. The number of hydrogen-bond donors (Lipinski definition) is 2. The highest BCUT2D eigenvalue weighted by molar-refractivity contribution is 7.07. The fourth-order valence-electron chi connectivity index (χ4n) is 4.20. The summed E-state index contributed by atoms with van der Waals surface area (Å²) in [6, 6.07) is -0.516. The number of amides is 2. The summed E-state index contributed by atoms with van der Waals surface area (Å²) in [6.45, 7) is 1.58. The van der Waals surface area contributed by atoms with Crippen LogP contribution in [0.2, 0.25) is 0 Å². The Hall–Kier alpha value is -2.79. The number of carbonyl (C=O) groups is 3. The molecule has 10 nitrogen and oxygen atoms in total. The van der Waals surface area contributed by atoms with Crippen molar-refractivity contribution in [3.8, 4) is 0 Å². The van der Waals surface area contributed by atoms with Gasteiger partial charge in [0.1, 0.15) is 23.9 Å². The molecule has 2 N–H and O–H groups in total. The van der Waals surface area contributed by atoms with Crippen LogP contribution in [0.3, 0.4) is 0 Å². The second-order valence-electron chi connectivity index (χ2n) is 9.16. The highest BCUT2D eigenvalue weighted by Gasteiger charge is 2.30. The summed E-state index contributed by atoms with van der Waals surface area (Å²) in [4.78, 5) is 43.2. The first kappa shape index (κ1) is 27.8. The number of rotatable bonds is 10. The van der Waals surface area contributed by atoms with Gasteiger partial charge in [0.05, 0.1) is 17.8 Å². The van der Waals surface area contributed by atoms with E-state index in [1.807, 2.05) is 5.38 Å². The molecule has 0 unspecified atom stereocenters. The maximum absolute atomic E-state index is 13.2. The van der Waals surface area contributed by atoms with Crippen LogP contribution in [0.25, 0.3) is 0 Å². The van der Waals surface area contributed by atoms with E-state index in [9.17, 15) is 14.4 Å². The van der Waals surface area contributed by atoms with Gasteiger partial charge in [-0.2, -0.15) is 0 Å². The quantitative estimate of drug-likeness (QED) is 0.456. The van der Waals surface area contributed by atoms with Crippen LogP contribution < -0.4 is 10.6 Å². The molecule has 2 heterocycles. The van der Waals surface area contributed by atoms with Gasteiger partial charge in [0.2, 0.25) is 5.91 Å². The Morgan fingerprint density at radius 2 is 1.78 bits per heavy atom. The largest absolute Gasteiger partial charge is 0.461 e. The number of nitrogens with one attached hydrogen (secondary N) is 2. The van der Waals surface area contributed by atoms with E-state index in [0.717, 1.165) is 38.5 Å². The molecule has 3 rings (SSSR count). The second-order valence-corrected chi connectivity index (χ2v) is 9.88. The predicted octanol–water partition coefficient (Wildman–Crippen LogP) is 3.35. The first-order valence-electron chi connectivity index (χ1n) is 12.6. The monoisotopic (exact) mass is 520 g/mol. The molecule has 0 bridgehead atoms. The molecule has 2 aromatic heterocycles. The molecule has 36 heavy (non-hydrogen) atoms. The standard InChI is InChI=1S/C25H36N4O6S/c1-17-12-20(29-35-17)23(30)28-22(14-33-2)24(31)27-21(13-18-15-36-16-26-18)25(32)34-19-10-8-6-4-3-5-7-9-11-19/h12,15-16,19,21-22H,3-11,13-14H2,1-2H3,(H,27,31)(H,28,30)/t21-,22-/m0/s1. The summed E-state index contributed by atoms with van der Waals surface area (Å²) in [5.41, 5.74) is 2.41. The van der Waals surface area contributed by atoms with E-state index in [0.29, 0.717) is 11.5 Å². The van der Waals surface area contributed by atoms with E-state index in [1.54, 1.807) is 12.4 Å². The van der Waals surface area contributed by atoms with Gasteiger partial charge in [0.15, 0.2) is 5.69 Å². The molecule has 0 saturated heterocycles. The Labute approximate surface area is 215 Å². The molecule has 1 saturated carbocycles. The van der Waals surface area contributed by atoms with Gasteiger partial charge in [0.25, 0.3) is 5.91 Å². The highest BCUT2D eigenvalue weighted by atomic mass is 32.1. The Morgan fingerprint density at radius 1 is 1.08 bits per heavy atom. The molecule has 2 aromatic rings. The van der Waals surface area contributed by atoms with Gasteiger partial charge in [-0.25, -0.2) is 9.78 Å². The van der Waals surface area contributed by atoms with Crippen molar-refractivity contribution >= 4 is 29.1 Å². The van der Waals surface area contributed by atoms with E-state index in [1.165, 1.54) is 43.8 Å². The fourth-order valence-corrected chi connectivity index (χ4v) is 4.78. The summed E-state index contributed by atoms with van der Waals surface area (Å²) in [6.07, 6.45) is 9.66. The highest BCUT2D eigenvalue weighted by Crippen LogP contribution is 2.20. The van der Waals surface area contributed by atoms with Crippen LogP contribution in [0.5, 0.6) is 0 Å². The number of esters is 1. The molecular formula is C25H36N4O6S. The molecular weight excluding hydrogens is 484 g/mol. The van der Waals surface area contributed by atoms with Gasteiger partial charge < -0.3 is 24.6 Å². The number of aryl methyl sites for hydroxylation is 1. The van der Waals surface area contributed by atoms with E-state index in [2.05, 4.69) is 20.8 Å². The number of thiazole rings is 1. The molecule has 1 fully saturated rings. The van der Waals surface area contributed by atoms with Crippen molar-refractivity contribution in [3.63, 3.8) is 0 Å². The molecule has 0 radical (unpaired) electrons. The number of methoxy groups -OCH3 is 1. The third-order valence-electron chi connectivity index (χ3n) is 6.15. The fraction of sp³-hybridized carbons (Fsp3) is 0.640. The first-order valence-corrected chi connectivity index (χ1v) is 13.5. The molecule has 2 atom stereocenters. The third kappa shape index (κ3) is 9.02. The zero-order chi connectivity index (χ0) is 25.8. The topological polar surface area (TPSA) is 133 Å². The van der Waals surface area contributed by atoms with Crippen LogP contribution >= 0.6 is 11.3 Å². The average molecular weight is 521 g/mol. The lowest BCUT2D eigenvalue weighted by Crippen LogP contribution is -2.54. The molecule has 11 heteroatoms. The maximum atomic E-state index is 13.2. The third-order valence-corrected chi connectivity index (χ3v) is 6.78. The van der Waals surface area contributed by atoms with Crippen molar-refractivity contribution in [2.75, 3.05) is 13.7 Å². The van der Waals surface area contributed by atoms with Crippen LogP contribution in [0.1, 0.15) is 79.7 Å². The Balaban J connectivity index is 1.67. The minimum Gasteiger partial charge on any atom is -0.461 e. The van der Waals surface area contributed by atoms with E-state index in [-0.39, 0.29) is 24.8 Å². The van der Waals surface area contributed by atoms with Crippen molar-refractivity contribution in [3.05, 3.63) is 34.1 Å². The summed E-state index contributed by atoms with van der Waals surface area (Å²) in [7, 11) is 1.42. The van der Waals surface area contributed by atoms with Crippen LogP contribution in [0.4, 0.5) is 0 Å². The molecule has 1 aliphatic rings. The normalized spacial score (nSPS) is 17.1. The van der Waals surface area contributed by atoms with Gasteiger partial charge >= 0.3 is 5.97 Å². The summed E-state index contributed by atoms with van der Waals surface area (Å²) < 4.78 is 16.0. The van der Waals surface area contributed by atoms with Gasteiger partial charge in [-0.1, -0.05) is 37.3 Å². The zero-order valence-corrected chi connectivity index (χ0v) is 21.8. The molecule has 2 amide bonds. The van der Waals surface area contributed by atoms with Gasteiger partial charge in [-0.3, -0.25) is 9.59 Å². The van der Waals surface area contributed by atoms with Crippen LogP contribution in [-0.4, -0.2) is 59.8 Å². The lowest BCUT2D eigenvalue weighted by atomic mass is 9.99. The molecule has 0 aliphatic heterocycles. The molecule has 1 aliphatic carbocycles. The minimum absolute atomic E-state index is 0.0517. The number of hydrogen-bond acceptors (Lipinski definition) is 9. The second kappa shape index (κ2) is 14.7. The number of aromatic nitrogens is 2. The summed E-state index contributed by atoms with van der Waals surface area (Å²) >= 11 is 1.41. The van der Waals surface area contributed by atoms with Gasteiger partial charge in [0, 0.05) is 25.0 Å². The first-order chi connectivity index (χ1) is 17.5. The molecule has 198 valence electrons. The van der Waals surface area contributed by atoms with Crippen molar-refractivity contribution in [2.24, 2.45) is 0 Å². The number of ether oxygens (including phenoxy) is 2. The van der Waals surface area contributed by atoms with Crippen molar-refractivity contribution < 1.29 is 28.4 Å². The lowest BCUT2D eigenvalue weighted by Gasteiger charge is -2.25. The minimum atomic E-state index is -1.04. The predicted molar refractivity (Wildman–Crippen MR) is 134 cm³/mol. The van der Waals surface area contributed by atoms with E-state index in [4.69, 9.17) is 14.0 Å². The smallest absolute Gasteiger partial charge is 0.329 e. The van der Waals surface area contributed by atoms with Crippen LogP contribution in [0, 0.1) is 6.92 Å². The zero-order valence-electron chi connectivity index (χ0n) is 21.0.